The number of rotatable bonds is 2. The first-order chi connectivity index (χ1) is 8.05. The molecule has 0 unspecified atom stereocenters. The molecule has 88 valence electrons. The number of halogens is 3. The van der Waals surface area contributed by atoms with Crippen molar-refractivity contribution in [1.82, 2.24) is 9.97 Å². The monoisotopic (exact) mass is 240 g/mol. The Morgan fingerprint density at radius 1 is 1.12 bits per heavy atom. The molecule has 0 spiro atoms. The Morgan fingerprint density at radius 3 is 2.59 bits per heavy atom. The van der Waals surface area contributed by atoms with Crippen LogP contribution in [0.1, 0.15) is 5.56 Å². The molecule has 0 aliphatic carbocycles. The van der Waals surface area contributed by atoms with Crippen LogP contribution in [-0.4, -0.2) is 9.97 Å². The fourth-order valence-electron chi connectivity index (χ4n) is 1.20. The quantitative estimate of drug-likeness (QED) is 0.807. The zero-order chi connectivity index (χ0) is 12.3. The maximum atomic E-state index is 12.4. The summed E-state index contributed by atoms with van der Waals surface area (Å²) in [6, 6.07) is 6.06. The molecule has 6 heteroatoms. The molecule has 3 nitrogen and oxygen atoms in total. The predicted octanol–water partition coefficient (Wildman–Crippen LogP) is 3.29. The molecule has 0 aliphatic rings. The largest absolute Gasteiger partial charge is 0.439 e. The standard InChI is InChI=1S/C11H7F3N2O/c12-11(13,14)8-2-1-3-9(6-8)17-10-4-5-15-7-16-10/h1-7H. The third-order valence-corrected chi connectivity index (χ3v) is 1.94. The summed E-state index contributed by atoms with van der Waals surface area (Å²) in [6.45, 7) is 0. The Morgan fingerprint density at radius 2 is 1.94 bits per heavy atom. The summed E-state index contributed by atoms with van der Waals surface area (Å²) in [5.41, 5.74) is -0.760. The molecule has 0 N–H and O–H groups in total. The van der Waals surface area contributed by atoms with Crippen molar-refractivity contribution in [2.45, 2.75) is 6.18 Å². The van der Waals surface area contributed by atoms with Gasteiger partial charge in [-0.3, -0.25) is 0 Å². The van der Waals surface area contributed by atoms with E-state index in [9.17, 15) is 13.2 Å². The van der Waals surface area contributed by atoms with Gasteiger partial charge in [0.05, 0.1) is 5.56 Å². The number of benzene rings is 1. The van der Waals surface area contributed by atoms with E-state index in [2.05, 4.69) is 9.97 Å². The third kappa shape index (κ3) is 2.93. The lowest BCUT2D eigenvalue weighted by Gasteiger charge is -2.08. The molecule has 1 aromatic carbocycles. The summed E-state index contributed by atoms with van der Waals surface area (Å²) in [7, 11) is 0. The maximum absolute atomic E-state index is 12.4. The van der Waals surface area contributed by atoms with E-state index in [1.54, 1.807) is 0 Å². The van der Waals surface area contributed by atoms with Crippen molar-refractivity contribution in [2.75, 3.05) is 0 Å². The second kappa shape index (κ2) is 4.40. The van der Waals surface area contributed by atoms with Gasteiger partial charge in [-0.05, 0) is 18.2 Å². The second-order valence-electron chi connectivity index (χ2n) is 3.18. The van der Waals surface area contributed by atoms with Crippen LogP contribution in [0.3, 0.4) is 0 Å². The molecule has 0 bridgehead atoms. The van der Waals surface area contributed by atoms with Crippen molar-refractivity contribution < 1.29 is 17.9 Å². The lowest BCUT2D eigenvalue weighted by atomic mass is 10.2. The van der Waals surface area contributed by atoms with Crippen molar-refractivity contribution in [3.63, 3.8) is 0 Å². The molecule has 0 amide bonds. The first-order valence-corrected chi connectivity index (χ1v) is 4.67. The van der Waals surface area contributed by atoms with Crippen molar-refractivity contribution in [2.24, 2.45) is 0 Å². The summed E-state index contributed by atoms with van der Waals surface area (Å²) < 4.78 is 42.4. The molecule has 0 aliphatic heterocycles. The van der Waals surface area contributed by atoms with Crippen LogP contribution >= 0.6 is 0 Å². The summed E-state index contributed by atoms with van der Waals surface area (Å²) in [6.07, 6.45) is -1.69. The van der Waals surface area contributed by atoms with E-state index in [1.165, 1.54) is 30.7 Å². The molecule has 2 rings (SSSR count). The normalized spacial score (nSPS) is 11.2. The highest BCUT2D eigenvalue weighted by Crippen LogP contribution is 2.32. The maximum Gasteiger partial charge on any atom is 0.416 e. The number of aromatic nitrogens is 2. The van der Waals surface area contributed by atoms with Gasteiger partial charge in [0.15, 0.2) is 0 Å². The molecule has 2 aromatic rings. The van der Waals surface area contributed by atoms with Crippen LogP contribution in [-0.2, 0) is 6.18 Å². The van der Waals surface area contributed by atoms with Crippen molar-refractivity contribution in [3.8, 4) is 11.6 Å². The van der Waals surface area contributed by atoms with Gasteiger partial charge in [-0.25, -0.2) is 9.97 Å². The van der Waals surface area contributed by atoms with Crippen LogP contribution in [0.5, 0.6) is 11.6 Å². The number of ether oxygens (including phenoxy) is 1. The van der Waals surface area contributed by atoms with Gasteiger partial charge in [-0.15, -0.1) is 0 Å². The zero-order valence-corrected chi connectivity index (χ0v) is 8.48. The van der Waals surface area contributed by atoms with Crippen LogP contribution in [0.2, 0.25) is 0 Å². The lowest BCUT2D eigenvalue weighted by molar-refractivity contribution is -0.137. The van der Waals surface area contributed by atoms with E-state index in [1.807, 2.05) is 0 Å². The Kier molecular flexibility index (Phi) is 2.95. The molecule has 1 heterocycles. The molecular formula is C11H7F3N2O. The Balaban J connectivity index is 2.23. The smallest absolute Gasteiger partial charge is 0.416 e. The molecule has 0 saturated heterocycles. The Labute approximate surface area is 94.9 Å². The van der Waals surface area contributed by atoms with E-state index < -0.39 is 11.7 Å². The van der Waals surface area contributed by atoms with Crippen LogP contribution in [0.4, 0.5) is 13.2 Å². The van der Waals surface area contributed by atoms with E-state index in [0.717, 1.165) is 12.1 Å². The summed E-state index contributed by atoms with van der Waals surface area (Å²) >= 11 is 0. The highest BCUT2D eigenvalue weighted by atomic mass is 19.4. The minimum Gasteiger partial charge on any atom is -0.439 e. The van der Waals surface area contributed by atoms with E-state index in [4.69, 9.17) is 4.74 Å². The Bertz CT molecular complexity index is 500. The van der Waals surface area contributed by atoms with Gasteiger partial charge < -0.3 is 4.74 Å². The van der Waals surface area contributed by atoms with Gasteiger partial charge in [0, 0.05) is 12.3 Å². The predicted molar refractivity (Wildman–Crippen MR) is 53.6 cm³/mol. The molecule has 0 radical (unpaired) electrons. The topological polar surface area (TPSA) is 35.0 Å². The average molecular weight is 240 g/mol. The van der Waals surface area contributed by atoms with Crippen LogP contribution in [0.15, 0.2) is 42.9 Å². The zero-order valence-electron chi connectivity index (χ0n) is 8.48. The molecule has 17 heavy (non-hydrogen) atoms. The van der Waals surface area contributed by atoms with E-state index in [-0.39, 0.29) is 11.6 Å². The van der Waals surface area contributed by atoms with E-state index in [0.29, 0.717) is 0 Å². The molecular weight excluding hydrogens is 233 g/mol. The second-order valence-corrected chi connectivity index (χ2v) is 3.18. The number of hydrogen-bond acceptors (Lipinski definition) is 3. The number of hydrogen-bond donors (Lipinski definition) is 0. The first kappa shape index (κ1) is 11.4. The van der Waals surface area contributed by atoms with Gasteiger partial charge in [-0.1, -0.05) is 6.07 Å². The highest BCUT2D eigenvalue weighted by Gasteiger charge is 2.30. The number of nitrogens with zero attached hydrogens (tertiary/aromatic N) is 2. The molecule has 1 aromatic heterocycles. The van der Waals surface area contributed by atoms with Crippen molar-refractivity contribution >= 4 is 0 Å². The van der Waals surface area contributed by atoms with Gasteiger partial charge >= 0.3 is 6.18 Å². The minimum absolute atomic E-state index is 0.0820. The summed E-state index contributed by atoms with van der Waals surface area (Å²) in [4.78, 5) is 7.42. The minimum atomic E-state index is -4.38. The third-order valence-electron chi connectivity index (χ3n) is 1.94. The van der Waals surface area contributed by atoms with Crippen molar-refractivity contribution in [1.29, 1.82) is 0 Å². The van der Waals surface area contributed by atoms with Gasteiger partial charge in [-0.2, -0.15) is 13.2 Å². The lowest BCUT2D eigenvalue weighted by Crippen LogP contribution is -2.04. The van der Waals surface area contributed by atoms with Crippen LogP contribution in [0, 0.1) is 0 Å². The molecule has 0 fully saturated rings. The van der Waals surface area contributed by atoms with Crippen LogP contribution < -0.4 is 4.74 Å². The average Bonchev–Trinajstić information content (AvgIpc) is 2.29. The fourth-order valence-corrected chi connectivity index (χ4v) is 1.20. The SMILES string of the molecule is FC(F)(F)c1cccc(Oc2ccncn2)c1. The van der Waals surface area contributed by atoms with Crippen LogP contribution in [0.25, 0.3) is 0 Å². The first-order valence-electron chi connectivity index (χ1n) is 4.67. The number of alkyl halides is 3. The van der Waals surface area contributed by atoms with Gasteiger partial charge in [0.1, 0.15) is 12.1 Å². The Hall–Kier alpha value is -2.11. The van der Waals surface area contributed by atoms with E-state index >= 15 is 0 Å². The summed E-state index contributed by atoms with van der Waals surface area (Å²) in [5, 5.41) is 0. The molecule has 0 saturated carbocycles. The fraction of sp³-hybridized carbons (Fsp3) is 0.0909. The van der Waals surface area contributed by atoms with Gasteiger partial charge in [0.2, 0.25) is 5.88 Å². The molecule has 0 atom stereocenters. The van der Waals surface area contributed by atoms with Crippen molar-refractivity contribution in [3.05, 3.63) is 48.4 Å². The summed E-state index contributed by atoms with van der Waals surface area (Å²) in [5.74, 6) is 0.276. The van der Waals surface area contributed by atoms with Gasteiger partial charge in [0.25, 0.3) is 0 Å². The highest BCUT2D eigenvalue weighted by molar-refractivity contribution is 5.32.